The third-order valence-corrected chi connectivity index (χ3v) is 3.26. The van der Waals surface area contributed by atoms with E-state index in [0.717, 1.165) is 11.6 Å². The highest BCUT2D eigenvalue weighted by Crippen LogP contribution is 2.24. The number of nitrogens with zero attached hydrogens (tertiary/aromatic N) is 2. The van der Waals surface area contributed by atoms with E-state index in [9.17, 15) is 14.9 Å². The lowest BCUT2D eigenvalue weighted by Crippen LogP contribution is -2.14. The molecule has 8 heteroatoms. The molecule has 0 aliphatic heterocycles. The van der Waals surface area contributed by atoms with Crippen LogP contribution in [0.15, 0.2) is 42.5 Å². The zero-order chi connectivity index (χ0) is 15.7. The zero-order valence-electron chi connectivity index (χ0n) is 11.0. The summed E-state index contributed by atoms with van der Waals surface area (Å²) in [6.45, 7) is 0. The van der Waals surface area contributed by atoms with Gasteiger partial charge in [0.25, 0.3) is 11.6 Å². The molecule has 1 amide bonds. The lowest BCUT2D eigenvalue weighted by atomic mass is 10.1. The Morgan fingerprint density at radius 3 is 2.77 bits per heavy atom. The molecular weight excluding hydrogens is 308 g/mol. The Balaban J connectivity index is 1.93. The van der Waals surface area contributed by atoms with E-state index < -0.39 is 10.8 Å². The Labute approximate surface area is 129 Å². The number of amides is 1. The molecule has 3 aromatic rings. The van der Waals surface area contributed by atoms with Gasteiger partial charge in [-0.25, -0.2) is 4.98 Å². The molecule has 1 aromatic heterocycles. The Kier molecular flexibility index (Phi) is 3.48. The van der Waals surface area contributed by atoms with Crippen molar-refractivity contribution in [1.29, 1.82) is 0 Å². The first-order valence-corrected chi connectivity index (χ1v) is 6.62. The van der Waals surface area contributed by atoms with Gasteiger partial charge in [-0.2, -0.15) is 0 Å². The van der Waals surface area contributed by atoms with E-state index in [0.29, 0.717) is 5.52 Å². The summed E-state index contributed by atoms with van der Waals surface area (Å²) >= 11 is 5.72. The Bertz CT molecular complexity index is 858. The molecule has 0 unspecified atom stereocenters. The van der Waals surface area contributed by atoms with Crippen molar-refractivity contribution in [2.45, 2.75) is 0 Å². The van der Waals surface area contributed by atoms with E-state index in [1.165, 1.54) is 12.1 Å². The summed E-state index contributed by atoms with van der Waals surface area (Å²) in [4.78, 5) is 29.7. The number of hydrogen-bond donors (Lipinski definition) is 2. The van der Waals surface area contributed by atoms with Crippen molar-refractivity contribution in [3.63, 3.8) is 0 Å². The number of hydrogen-bond acceptors (Lipinski definition) is 4. The number of benzene rings is 2. The number of nitro groups is 1. The first-order chi connectivity index (χ1) is 10.5. The predicted molar refractivity (Wildman–Crippen MR) is 82.2 cm³/mol. The normalized spacial score (nSPS) is 10.6. The van der Waals surface area contributed by atoms with Crippen LogP contribution in [-0.4, -0.2) is 20.8 Å². The van der Waals surface area contributed by atoms with Crippen LogP contribution in [0.25, 0.3) is 11.0 Å². The number of halogens is 1. The number of fused-ring (bicyclic) bond motifs is 1. The lowest BCUT2D eigenvalue weighted by Gasteiger charge is -2.03. The third-order valence-electron chi connectivity index (χ3n) is 3.02. The van der Waals surface area contributed by atoms with Gasteiger partial charge < -0.3 is 4.98 Å². The second kappa shape index (κ2) is 5.45. The van der Waals surface area contributed by atoms with Gasteiger partial charge in [-0.3, -0.25) is 20.2 Å². The van der Waals surface area contributed by atoms with E-state index in [2.05, 4.69) is 15.3 Å². The number of carbonyl (C=O) groups excluding carboxylic acids is 1. The van der Waals surface area contributed by atoms with Crippen LogP contribution >= 0.6 is 11.6 Å². The van der Waals surface area contributed by atoms with Crippen molar-refractivity contribution in [2.24, 2.45) is 0 Å². The minimum absolute atomic E-state index is 0.0881. The topological polar surface area (TPSA) is 101 Å². The number of carbonyl (C=O) groups is 1. The van der Waals surface area contributed by atoms with Gasteiger partial charge in [-0.05, 0) is 24.3 Å². The van der Waals surface area contributed by atoms with Crippen LogP contribution in [-0.2, 0) is 0 Å². The minimum atomic E-state index is -0.653. The van der Waals surface area contributed by atoms with Gasteiger partial charge in [-0.15, -0.1) is 0 Å². The van der Waals surface area contributed by atoms with Crippen LogP contribution in [0.2, 0.25) is 5.02 Å². The second-order valence-electron chi connectivity index (χ2n) is 4.48. The fourth-order valence-corrected chi connectivity index (χ4v) is 2.20. The van der Waals surface area contributed by atoms with E-state index in [-0.39, 0.29) is 22.2 Å². The molecule has 0 saturated heterocycles. The fourth-order valence-electron chi connectivity index (χ4n) is 2.03. The number of aromatic amines is 1. The van der Waals surface area contributed by atoms with Crippen LogP contribution in [0, 0.1) is 10.1 Å². The molecule has 0 bridgehead atoms. The van der Waals surface area contributed by atoms with Gasteiger partial charge in [0.1, 0.15) is 5.56 Å². The van der Waals surface area contributed by atoms with Gasteiger partial charge >= 0.3 is 0 Å². The largest absolute Gasteiger partial charge is 0.324 e. The molecule has 22 heavy (non-hydrogen) atoms. The van der Waals surface area contributed by atoms with Crippen LogP contribution < -0.4 is 5.32 Å². The molecule has 110 valence electrons. The summed E-state index contributed by atoms with van der Waals surface area (Å²) < 4.78 is 0. The highest BCUT2D eigenvalue weighted by atomic mass is 35.5. The molecular formula is C14H9ClN4O3. The number of anilines is 1. The number of H-pyrrole nitrogens is 1. The number of imidazole rings is 1. The molecule has 7 nitrogen and oxygen atoms in total. The average molecular weight is 317 g/mol. The lowest BCUT2D eigenvalue weighted by molar-refractivity contribution is -0.385. The van der Waals surface area contributed by atoms with Gasteiger partial charge in [0.2, 0.25) is 5.95 Å². The monoisotopic (exact) mass is 316 g/mol. The molecule has 2 aromatic carbocycles. The van der Waals surface area contributed by atoms with Crippen molar-refractivity contribution >= 4 is 40.2 Å². The number of nitrogens with one attached hydrogen (secondary N) is 2. The van der Waals surface area contributed by atoms with Crippen molar-refractivity contribution in [2.75, 3.05) is 5.32 Å². The highest BCUT2D eigenvalue weighted by molar-refractivity contribution is 6.31. The van der Waals surface area contributed by atoms with Crippen molar-refractivity contribution in [3.05, 3.63) is 63.2 Å². The number of rotatable bonds is 3. The third kappa shape index (κ3) is 2.61. The van der Waals surface area contributed by atoms with Crippen LogP contribution in [0.3, 0.4) is 0 Å². The Hall–Kier alpha value is -2.93. The quantitative estimate of drug-likeness (QED) is 0.571. The van der Waals surface area contributed by atoms with Crippen LogP contribution in [0.4, 0.5) is 11.6 Å². The molecule has 0 radical (unpaired) electrons. The summed E-state index contributed by atoms with van der Waals surface area (Å²) in [6, 6.07) is 11.1. The number of para-hydroxylation sites is 2. The maximum absolute atomic E-state index is 12.2. The van der Waals surface area contributed by atoms with Crippen molar-refractivity contribution in [1.82, 2.24) is 9.97 Å². The molecule has 0 aliphatic carbocycles. The molecule has 1 heterocycles. The Morgan fingerprint density at radius 1 is 1.27 bits per heavy atom. The Morgan fingerprint density at radius 2 is 2.05 bits per heavy atom. The molecule has 0 atom stereocenters. The first-order valence-electron chi connectivity index (χ1n) is 6.24. The van der Waals surface area contributed by atoms with Gasteiger partial charge in [0.05, 0.1) is 16.0 Å². The summed E-state index contributed by atoms with van der Waals surface area (Å²) in [5, 5.41) is 13.7. The molecule has 0 spiro atoms. The maximum atomic E-state index is 12.2. The first kappa shape index (κ1) is 14.0. The van der Waals surface area contributed by atoms with Crippen LogP contribution in [0.5, 0.6) is 0 Å². The summed E-state index contributed by atoms with van der Waals surface area (Å²) in [7, 11) is 0. The fraction of sp³-hybridized carbons (Fsp3) is 0. The highest BCUT2D eigenvalue weighted by Gasteiger charge is 2.21. The van der Waals surface area contributed by atoms with E-state index in [1.54, 1.807) is 6.07 Å². The van der Waals surface area contributed by atoms with Crippen molar-refractivity contribution < 1.29 is 9.72 Å². The van der Waals surface area contributed by atoms with Crippen LogP contribution in [0.1, 0.15) is 10.4 Å². The smallest absolute Gasteiger partial charge is 0.283 e. The molecule has 2 N–H and O–H groups in total. The summed E-state index contributed by atoms with van der Waals surface area (Å²) in [6.07, 6.45) is 0. The standard InChI is InChI=1S/C14H9ClN4O3/c15-8-5-6-9(12(7-8)19(21)22)13(20)18-14-16-10-3-1-2-4-11(10)17-14/h1-7H,(H2,16,17,18,20). The van der Waals surface area contributed by atoms with E-state index >= 15 is 0 Å². The minimum Gasteiger partial charge on any atom is -0.324 e. The second-order valence-corrected chi connectivity index (χ2v) is 4.91. The van der Waals surface area contributed by atoms with Crippen molar-refractivity contribution in [3.8, 4) is 0 Å². The van der Waals surface area contributed by atoms with Gasteiger partial charge in [-0.1, -0.05) is 23.7 Å². The van der Waals surface area contributed by atoms with Gasteiger partial charge in [0, 0.05) is 11.1 Å². The SMILES string of the molecule is O=C(Nc1nc2ccccc2[nH]1)c1ccc(Cl)cc1[N+](=O)[O-]. The molecule has 0 aliphatic rings. The molecule has 3 rings (SSSR count). The van der Waals surface area contributed by atoms with E-state index in [1.807, 2.05) is 18.2 Å². The zero-order valence-corrected chi connectivity index (χ0v) is 11.8. The maximum Gasteiger partial charge on any atom is 0.283 e. The molecule has 0 fully saturated rings. The predicted octanol–water partition coefficient (Wildman–Crippen LogP) is 3.38. The number of nitro benzene ring substituents is 1. The summed E-state index contributed by atoms with van der Waals surface area (Å²) in [5.41, 5.74) is 0.989. The van der Waals surface area contributed by atoms with E-state index in [4.69, 9.17) is 11.6 Å². The average Bonchev–Trinajstić information content (AvgIpc) is 2.89. The number of aromatic nitrogens is 2. The molecule has 0 saturated carbocycles. The summed E-state index contributed by atoms with van der Waals surface area (Å²) in [5.74, 6) is -0.419. The van der Waals surface area contributed by atoms with Gasteiger partial charge in [0.15, 0.2) is 0 Å².